The molecule has 0 aliphatic rings. The normalized spacial score (nSPS) is 10.8. The van der Waals surface area contributed by atoms with E-state index in [1.54, 1.807) is 6.20 Å². The zero-order valence-corrected chi connectivity index (χ0v) is 10.9. The van der Waals surface area contributed by atoms with E-state index in [9.17, 15) is 4.79 Å². The summed E-state index contributed by atoms with van der Waals surface area (Å²) in [5, 5.41) is 3.77. The van der Waals surface area contributed by atoms with Crippen LogP contribution < -0.4 is 5.32 Å². The average Bonchev–Trinajstić information content (AvgIpc) is 2.60. The van der Waals surface area contributed by atoms with Gasteiger partial charge in [0.1, 0.15) is 0 Å². The van der Waals surface area contributed by atoms with Crippen LogP contribution in [-0.2, 0) is 11.8 Å². The summed E-state index contributed by atoms with van der Waals surface area (Å²) in [6.45, 7) is 5.06. The van der Waals surface area contributed by atoms with E-state index in [1.807, 2.05) is 17.8 Å². The number of hydrogen-bond donors (Lipinski definition) is 1. The van der Waals surface area contributed by atoms with Gasteiger partial charge in [0.05, 0.1) is 5.75 Å². The first-order valence-electron chi connectivity index (χ1n) is 5.46. The molecule has 16 heavy (non-hydrogen) atoms. The summed E-state index contributed by atoms with van der Waals surface area (Å²) in [4.78, 5) is 15.6. The van der Waals surface area contributed by atoms with E-state index in [2.05, 4.69) is 24.1 Å². The van der Waals surface area contributed by atoms with Gasteiger partial charge >= 0.3 is 0 Å². The molecule has 1 amide bonds. The number of nitrogens with one attached hydrogen (secondary N) is 1. The van der Waals surface area contributed by atoms with Gasteiger partial charge in [0, 0.05) is 26.0 Å². The predicted molar refractivity (Wildman–Crippen MR) is 66.4 cm³/mol. The summed E-state index contributed by atoms with van der Waals surface area (Å²) < 4.78 is 1.91. The minimum absolute atomic E-state index is 0.0775. The Kier molecular flexibility index (Phi) is 5.38. The molecule has 0 radical (unpaired) electrons. The fourth-order valence-electron chi connectivity index (χ4n) is 1.17. The summed E-state index contributed by atoms with van der Waals surface area (Å²) in [7, 11) is 1.92. The zero-order chi connectivity index (χ0) is 12.0. The molecule has 0 fully saturated rings. The van der Waals surface area contributed by atoms with Crippen LogP contribution in [0.3, 0.4) is 0 Å². The Morgan fingerprint density at radius 1 is 1.62 bits per heavy atom. The quantitative estimate of drug-likeness (QED) is 0.771. The number of hydrogen-bond acceptors (Lipinski definition) is 3. The topological polar surface area (TPSA) is 46.9 Å². The largest absolute Gasteiger partial charge is 0.355 e. The molecular formula is C11H19N3OS. The van der Waals surface area contributed by atoms with Crippen LogP contribution >= 0.6 is 11.8 Å². The van der Waals surface area contributed by atoms with Crippen molar-refractivity contribution in [2.75, 3.05) is 12.3 Å². The highest BCUT2D eigenvalue weighted by molar-refractivity contribution is 7.99. The van der Waals surface area contributed by atoms with Crippen molar-refractivity contribution in [3.05, 3.63) is 12.4 Å². The molecule has 0 atom stereocenters. The molecule has 0 saturated heterocycles. The fraction of sp³-hybridized carbons (Fsp3) is 0.636. The minimum atomic E-state index is 0.0775. The lowest BCUT2D eigenvalue weighted by atomic mass is 10.1. The van der Waals surface area contributed by atoms with Crippen LogP contribution in [0.25, 0.3) is 0 Å². The molecule has 5 heteroatoms. The van der Waals surface area contributed by atoms with Gasteiger partial charge in [-0.15, -0.1) is 0 Å². The van der Waals surface area contributed by atoms with Gasteiger partial charge in [0.15, 0.2) is 5.16 Å². The van der Waals surface area contributed by atoms with Gasteiger partial charge in [-0.25, -0.2) is 4.98 Å². The Labute approximate surface area is 101 Å². The van der Waals surface area contributed by atoms with E-state index in [1.165, 1.54) is 11.8 Å². The van der Waals surface area contributed by atoms with Gasteiger partial charge in [-0.3, -0.25) is 4.79 Å². The monoisotopic (exact) mass is 241 g/mol. The number of nitrogens with zero attached hydrogens (tertiary/aromatic N) is 2. The Bertz CT molecular complexity index is 336. The third kappa shape index (κ3) is 4.70. The summed E-state index contributed by atoms with van der Waals surface area (Å²) in [5.74, 6) is 1.14. The standard InChI is InChI=1S/C11H19N3OS/c1-9(2)4-5-12-10(15)8-16-11-13-6-7-14(11)3/h6-7,9H,4-5,8H2,1-3H3,(H,12,15). The maximum atomic E-state index is 11.5. The number of carbonyl (C=O) groups excluding carboxylic acids is 1. The van der Waals surface area contributed by atoms with Crippen molar-refractivity contribution in [1.29, 1.82) is 0 Å². The van der Waals surface area contributed by atoms with Gasteiger partial charge in [0.2, 0.25) is 5.91 Å². The SMILES string of the molecule is CC(C)CCNC(=O)CSc1nccn1C. The van der Waals surface area contributed by atoms with Crippen LogP contribution in [-0.4, -0.2) is 27.8 Å². The lowest BCUT2D eigenvalue weighted by Gasteiger charge is -2.06. The molecule has 0 saturated carbocycles. The Morgan fingerprint density at radius 2 is 2.38 bits per heavy atom. The Hall–Kier alpha value is -0.970. The number of aromatic nitrogens is 2. The second-order valence-corrected chi connectivity index (χ2v) is 5.08. The van der Waals surface area contributed by atoms with Crippen molar-refractivity contribution in [2.24, 2.45) is 13.0 Å². The molecule has 1 rings (SSSR count). The molecule has 0 aliphatic carbocycles. The molecule has 1 N–H and O–H groups in total. The molecule has 0 spiro atoms. The number of thioether (sulfide) groups is 1. The van der Waals surface area contributed by atoms with E-state index in [0.29, 0.717) is 11.7 Å². The minimum Gasteiger partial charge on any atom is -0.355 e. The van der Waals surface area contributed by atoms with Gasteiger partial charge in [0.25, 0.3) is 0 Å². The van der Waals surface area contributed by atoms with E-state index in [0.717, 1.165) is 18.1 Å². The summed E-state index contributed by atoms with van der Waals surface area (Å²) in [6.07, 6.45) is 4.64. The molecule has 90 valence electrons. The number of aryl methyl sites for hydroxylation is 1. The van der Waals surface area contributed by atoms with Crippen molar-refractivity contribution >= 4 is 17.7 Å². The lowest BCUT2D eigenvalue weighted by Crippen LogP contribution is -2.27. The smallest absolute Gasteiger partial charge is 0.230 e. The highest BCUT2D eigenvalue weighted by atomic mass is 32.2. The maximum absolute atomic E-state index is 11.5. The van der Waals surface area contributed by atoms with Crippen LogP contribution in [0.15, 0.2) is 17.6 Å². The van der Waals surface area contributed by atoms with Crippen molar-refractivity contribution in [1.82, 2.24) is 14.9 Å². The summed E-state index contributed by atoms with van der Waals surface area (Å²) >= 11 is 1.46. The first-order valence-corrected chi connectivity index (χ1v) is 6.45. The number of rotatable bonds is 6. The molecule has 1 aromatic heterocycles. The highest BCUT2D eigenvalue weighted by Crippen LogP contribution is 2.13. The summed E-state index contributed by atoms with van der Waals surface area (Å²) in [6, 6.07) is 0. The Balaban J connectivity index is 2.18. The van der Waals surface area contributed by atoms with Crippen molar-refractivity contribution in [3.8, 4) is 0 Å². The maximum Gasteiger partial charge on any atom is 0.230 e. The van der Waals surface area contributed by atoms with Crippen molar-refractivity contribution in [2.45, 2.75) is 25.4 Å². The Morgan fingerprint density at radius 3 is 2.94 bits per heavy atom. The van der Waals surface area contributed by atoms with E-state index in [4.69, 9.17) is 0 Å². The van der Waals surface area contributed by atoms with E-state index >= 15 is 0 Å². The van der Waals surface area contributed by atoms with Gasteiger partial charge in [-0.05, 0) is 12.3 Å². The molecule has 1 aromatic rings. The number of imidazole rings is 1. The zero-order valence-electron chi connectivity index (χ0n) is 10.1. The number of amides is 1. The van der Waals surface area contributed by atoms with Crippen LogP contribution in [0.1, 0.15) is 20.3 Å². The molecular weight excluding hydrogens is 222 g/mol. The molecule has 1 heterocycles. The van der Waals surface area contributed by atoms with Crippen LogP contribution in [0, 0.1) is 5.92 Å². The third-order valence-corrected chi connectivity index (χ3v) is 3.21. The second kappa shape index (κ2) is 6.58. The van der Waals surface area contributed by atoms with E-state index < -0.39 is 0 Å². The first-order chi connectivity index (χ1) is 7.59. The van der Waals surface area contributed by atoms with Crippen molar-refractivity contribution < 1.29 is 4.79 Å². The first kappa shape index (κ1) is 13.1. The van der Waals surface area contributed by atoms with Gasteiger partial charge in [-0.1, -0.05) is 25.6 Å². The van der Waals surface area contributed by atoms with Crippen molar-refractivity contribution in [3.63, 3.8) is 0 Å². The van der Waals surface area contributed by atoms with Crippen LogP contribution in [0.2, 0.25) is 0 Å². The highest BCUT2D eigenvalue weighted by Gasteiger charge is 2.05. The fourth-order valence-corrected chi connectivity index (χ4v) is 1.93. The molecule has 0 aromatic carbocycles. The third-order valence-electron chi connectivity index (χ3n) is 2.15. The predicted octanol–water partition coefficient (Wildman–Crippen LogP) is 1.67. The molecule has 0 unspecified atom stereocenters. The molecule has 0 aliphatic heterocycles. The lowest BCUT2D eigenvalue weighted by molar-refractivity contribution is -0.118. The number of carbonyl (C=O) groups is 1. The molecule has 0 bridgehead atoms. The van der Waals surface area contributed by atoms with Crippen LogP contribution in [0.5, 0.6) is 0 Å². The average molecular weight is 241 g/mol. The summed E-state index contributed by atoms with van der Waals surface area (Å²) in [5.41, 5.74) is 0. The van der Waals surface area contributed by atoms with E-state index in [-0.39, 0.29) is 5.91 Å². The van der Waals surface area contributed by atoms with Gasteiger partial charge < -0.3 is 9.88 Å². The molecule has 4 nitrogen and oxygen atoms in total. The second-order valence-electron chi connectivity index (χ2n) is 4.14. The van der Waals surface area contributed by atoms with Crippen LogP contribution in [0.4, 0.5) is 0 Å². The van der Waals surface area contributed by atoms with Gasteiger partial charge in [-0.2, -0.15) is 0 Å².